The van der Waals surface area contributed by atoms with Crippen molar-refractivity contribution in [1.29, 1.82) is 0 Å². The van der Waals surface area contributed by atoms with Gasteiger partial charge in [0.25, 0.3) is 0 Å². The van der Waals surface area contributed by atoms with Crippen LogP contribution in [-0.2, 0) is 9.53 Å². The molecule has 0 radical (unpaired) electrons. The molecule has 0 aliphatic heterocycles. The second-order valence-electron chi connectivity index (χ2n) is 3.09. The first-order chi connectivity index (χ1) is 7.56. The lowest BCUT2D eigenvalue weighted by molar-refractivity contribution is -0.149. The summed E-state index contributed by atoms with van der Waals surface area (Å²) < 4.78 is 18.0. The Bertz CT molecular complexity index is 358. The second kappa shape index (κ2) is 5.77. The number of pyridine rings is 1. The van der Waals surface area contributed by atoms with Crippen molar-refractivity contribution in [3.8, 4) is 0 Å². The first kappa shape index (κ1) is 12.9. The summed E-state index contributed by atoms with van der Waals surface area (Å²) in [5.41, 5.74) is 5.95. The molecule has 0 amide bonds. The van der Waals surface area contributed by atoms with Crippen LogP contribution in [0.15, 0.2) is 18.3 Å². The van der Waals surface area contributed by atoms with Crippen LogP contribution in [0.5, 0.6) is 0 Å². The van der Waals surface area contributed by atoms with Crippen LogP contribution in [-0.4, -0.2) is 23.7 Å². The Balaban J connectivity index is 2.73. The van der Waals surface area contributed by atoms with Crippen LogP contribution in [0.4, 0.5) is 4.39 Å². The molecule has 1 heterocycles. The van der Waals surface area contributed by atoms with Gasteiger partial charge in [0.2, 0.25) is 6.17 Å². The Hall–Kier alpha value is -1.20. The zero-order valence-electron chi connectivity index (χ0n) is 8.69. The predicted molar refractivity (Wildman–Crippen MR) is 57.7 cm³/mol. The van der Waals surface area contributed by atoms with Gasteiger partial charge in [-0.25, -0.2) is 14.2 Å². The van der Waals surface area contributed by atoms with E-state index in [0.717, 1.165) is 0 Å². The third-order valence-electron chi connectivity index (χ3n) is 1.96. The van der Waals surface area contributed by atoms with E-state index >= 15 is 0 Å². The van der Waals surface area contributed by atoms with Gasteiger partial charge in [-0.15, -0.1) is 0 Å². The number of carbonyl (C=O) groups excluding carboxylic acids is 1. The molecule has 0 aliphatic carbocycles. The molecule has 0 saturated carbocycles. The van der Waals surface area contributed by atoms with Crippen molar-refractivity contribution in [2.45, 2.75) is 19.1 Å². The minimum atomic E-state index is -1.90. The van der Waals surface area contributed by atoms with E-state index in [1.54, 1.807) is 6.92 Å². The third-order valence-corrected chi connectivity index (χ3v) is 2.19. The van der Waals surface area contributed by atoms with Crippen LogP contribution >= 0.6 is 11.6 Å². The minimum absolute atomic E-state index is 0.116. The number of hydrogen-bond donors (Lipinski definition) is 1. The van der Waals surface area contributed by atoms with Crippen LogP contribution in [0.1, 0.15) is 18.5 Å². The zero-order valence-corrected chi connectivity index (χ0v) is 9.45. The van der Waals surface area contributed by atoms with Gasteiger partial charge in [0, 0.05) is 6.20 Å². The largest absolute Gasteiger partial charge is 0.464 e. The molecule has 2 atom stereocenters. The van der Waals surface area contributed by atoms with E-state index in [1.165, 1.54) is 18.3 Å². The number of halogens is 2. The summed E-state index contributed by atoms with van der Waals surface area (Å²) in [6.45, 7) is 1.71. The van der Waals surface area contributed by atoms with Gasteiger partial charge in [0.05, 0.1) is 12.6 Å². The summed E-state index contributed by atoms with van der Waals surface area (Å²) in [6, 6.07) is 1.91. The lowest BCUT2D eigenvalue weighted by Crippen LogP contribution is -2.31. The van der Waals surface area contributed by atoms with Crippen LogP contribution in [0.3, 0.4) is 0 Å². The van der Waals surface area contributed by atoms with Gasteiger partial charge < -0.3 is 10.5 Å². The number of rotatable bonds is 4. The molecule has 0 fully saturated rings. The lowest BCUT2D eigenvalue weighted by atomic mass is 10.1. The predicted octanol–water partition coefficient (Wildman–Crippen LogP) is 1.64. The average Bonchev–Trinajstić information content (AvgIpc) is 2.28. The lowest BCUT2D eigenvalue weighted by Gasteiger charge is -2.15. The molecule has 0 aromatic carbocycles. The fraction of sp³-hybridized carbons (Fsp3) is 0.400. The summed E-state index contributed by atoms with van der Waals surface area (Å²) in [4.78, 5) is 14.9. The standard InChI is InChI=1S/C10H12ClFN2O2/c1-2-16-10(15)8(12)9(13)6-3-4-7(11)14-5-6/h3-5,8-9H,2,13H2,1H3/t8?,9-/m1/s1. The number of hydrogen-bond acceptors (Lipinski definition) is 4. The minimum Gasteiger partial charge on any atom is -0.464 e. The Morgan fingerprint density at radius 3 is 2.88 bits per heavy atom. The molecule has 0 aliphatic rings. The first-order valence-corrected chi connectivity index (χ1v) is 5.11. The Morgan fingerprint density at radius 2 is 2.38 bits per heavy atom. The van der Waals surface area contributed by atoms with E-state index < -0.39 is 18.2 Å². The number of alkyl halides is 1. The smallest absolute Gasteiger partial charge is 0.342 e. The molecular formula is C10H12ClFN2O2. The SMILES string of the molecule is CCOC(=O)C(F)[C@H](N)c1ccc(Cl)nc1. The van der Waals surface area contributed by atoms with Crippen LogP contribution in [0.25, 0.3) is 0 Å². The third kappa shape index (κ3) is 3.15. The monoisotopic (exact) mass is 246 g/mol. The Kier molecular flexibility index (Phi) is 4.64. The molecular weight excluding hydrogens is 235 g/mol. The van der Waals surface area contributed by atoms with E-state index in [4.69, 9.17) is 17.3 Å². The highest BCUT2D eigenvalue weighted by atomic mass is 35.5. The van der Waals surface area contributed by atoms with Crippen molar-refractivity contribution < 1.29 is 13.9 Å². The quantitative estimate of drug-likeness (QED) is 0.648. The molecule has 1 unspecified atom stereocenters. The second-order valence-corrected chi connectivity index (χ2v) is 3.48. The molecule has 4 nitrogen and oxygen atoms in total. The number of carbonyl (C=O) groups is 1. The highest BCUT2D eigenvalue weighted by Crippen LogP contribution is 2.18. The van der Waals surface area contributed by atoms with Gasteiger partial charge in [0.1, 0.15) is 5.15 Å². The molecule has 1 rings (SSSR count). The van der Waals surface area contributed by atoms with Crippen LogP contribution in [0.2, 0.25) is 5.15 Å². The molecule has 6 heteroatoms. The normalized spacial score (nSPS) is 14.2. The number of esters is 1. The summed E-state index contributed by atoms with van der Waals surface area (Å²) in [7, 11) is 0. The van der Waals surface area contributed by atoms with Crippen molar-refractivity contribution in [3.63, 3.8) is 0 Å². The summed E-state index contributed by atoms with van der Waals surface area (Å²) in [6.07, 6.45) is -0.568. The van der Waals surface area contributed by atoms with E-state index in [0.29, 0.717) is 5.56 Å². The van der Waals surface area contributed by atoms with Crippen molar-refractivity contribution in [1.82, 2.24) is 4.98 Å². The zero-order chi connectivity index (χ0) is 12.1. The molecule has 1 aromatic rings. The maximum Gasteiger partial charge on any atom is 0.342 e. The summed E-state index contributed by atoms with van der Waals surface area (Å²) >= 11 is 5.57. The van der Waals surface area contributed by atoms with Gasteiger partial charge in [0.15, 0.2) is 0 Å². The first-order valence-electron chi connectivity index (χ1n) is 4.74. The van der Waals surface area contributed by atoms with Crippen molar-refractivity contribution in [2.24, 2.45) is 5.73 Å². The Labute approximate surface area is 97.6 Å². The molecule has 88 valence electrons. The highest BCUT2D eigenvalue weighted by Gasteiger charge is 2.27. The summed E-state index contributed by atoms with van der Waals surface area (Å²) in [5.74, 6) is -0.968. The number of nitrogens with two attached hydrogens (primary N) is 1. The van der Waals surface area contributed by atoms with Gasteiger partial charge in [-0.3, -0.25) is 0 Å². The van der Waals surface area contributed by atoms with Crippen molar-refractivity contribution >= 4 is 17.6 Å². The fourth-order valence-electron chi connectivity index (χ4n) is 1.12. The Morgan fingerprint density at radius 1 is 1.69 bits per heavy atom. The maximum atomic E-state index is 13.5. The van der Waals surface area contributed by atoms with Gasteiger partial charge >= 0.3 is 5.97 Å². The van der Waals surface area contributed by atoms with Crippen LogP contribution in [0, 0.1) is 0 Å². The molecule has 16 heavy (non-hydrogen) atoms. The maximum absolute atomic E-state index is 13.5. The van der Waals surface area contributed by atoms with Crippen molar-refractivity contribution in [3.05, 3.63) is 29.0 Å². The topological polar surface area (TPSA) is 65.2 Å². The molecule has 1 aromatic heterocycles. The fourth-order valence-corrected chi connectivity index (χ4v) is 1.23. The van der Waals surface area contributed by atoms with E-state index in [2.05, 4.69) is 9.72 Å². The highest BCUT2D eigenvalue weighted by molar-refractivity contribution is 6.29. The molecule has 0 bridgehead atoms. The van der Waals surface area contributed by atoms with Gasteiger partial charge in [-0.2, -0.15) is 0 Å². The van der Waals surface area contributed by atoms with E-state index in [9.17, 15) is 9.18 Å². The number of nitrogens with zero attached hydrogens (tertiary/aromatic N) is 1. The van der Waals surface area contributed by atoms with Crippen molar-refractivity contribution in [2.75, 3.05) is 6.61 Å². The molecule has 0 spiro atoms. The number of aromatic nitrogens is 1. The molecule has 0 saturated heterocycles. The number of ether oxygens (including phenoxy) is 1. The summed E-state index contributed by atoms with van der Waals surface area (Å²) in [5, 5.41) is 0.280. The van der Waals surface area contributed by atoms with E-state index in [-0.39, 0.29) is 11.8 Å². The van der Waals surface area contributed by atoms with Crippen LogP contribution < -0.4 is 5.73 Å². The average molecular weight is 247 g/mol. The van der Waals surface area contributed by atoms with Gasteiger partial charge in [-0.05, 0) is 18.6 Å². The van der Waals surface area contributed by atoms with E-state index in [1.807, 2.05) is 0 Å². The van der Waals surface area contributed by atoms with Gasteiger partial charge in [-0.1, -0.05) is 17.7 Å². The molecule has 2 N–H and O–H groups in total.